The minimum atomic E-state index is -0.459. The lowest BCUT2D eigenvalue weighted by atomic mass is 9.80. The molecular weight excluding hydrogens is 239 g/mol. The van der Waals surface area contributed by atoms with Gasteiger partial charge in [0, 0.05) is 11.9 Å². The second kappa shape index (κ2) is 4.76. The predicted molar refractivity (Wildman–Crippen MR) is 76.4 cm³/mol. The molecule has 0 atom stereocenters. The van der Waals surface area contributed by atoms with Crippen LogP contribution in [0.2, 0.25) is 6.32 Å². The first-order chi connectivity index (χ1) is 8.71. The third-order valence-electron chi connectivity index (χ3n) is 4.03. The monoisotopic (exact) mass is 260 g/mol. The van der Waals surface area contributed by atoms with E-state index in [4.69, 9.17) is 9.31 Å². The van der Waals surface area contributed by atoms with Gasteiger partial charge in [0.15, 0.2) is 5.78 Å². The number of Topliss-reactive ketones (excluding diaryl/α,β-unsaturated/α-hetero) is 1. The summed E-state index contributed by atoms with van der Waals surface area (Å²) in [6.45, 7) is 9.96. The van der Waals surface area contributed by atoms with E-state index in [2.05, 4.69) is 0 Å². The Balaban J connectivity index is 2.03. The molecule has 1 saturated heterocycles. The summed E-state index contributed by atoms with van der Waals surface area (Å²) in [5, 5.41) is 0. The number of carbonyl (C=O) groups is 1. The van der Waals surface area contributed by atoms with Gasteiger partial charge in [0.1, 0.15) is 0 Å². The molecule has 4 heteroatoms. The second-order valence-electron chi connectivity index (χ2n) is 6.18. The fourth-order valence-electron chi connectivity index (χ4n) is 2.06. The molecule has 0 unspecified atom stereocenters. The number of benzene rings is 1. The van der Waals surface area contributed by atoms with Crippen LogP contribution in [0.25, 0.3) is 0 Å². The average molecular weight is 260 g/mol. The molecule has 0 aromatic heterocycles. The summed E-state index contributed by atoms with van der Waals surface area (Å²) in [4.78, 5) is 12.2. The third-order valence-corrected chi connectivity index (χ3v) is 4.03. The van der Waals surface area contributed by atoms with Gasteiger partial charge in [0.2, 0.25) is 0 Å². The molecule has 0 spiro atoms. The van der Waals surface area contributed by atoms with Crippen LogP contribution in [0, 0.1) is 6.92 Å². The van der Waals surface area contributed by atoms with Crippen LogP contribution >= 0.6 is 0 Å². The molecule has 1 fully saturated rings. The van der Waals surface area contributed by atoms with Crippen LogP contribution in [0.15, 0.2) is 24.3 Å². The minimum Gasteiger partial charge on any atom is -0.403 e. The van der Waals surface area contributed by atoms with Crippen molar-refractivity contribution in [3.8, 4) is 0 Å². The predicted octanol–water partition coefficient (Wildman–Crippen LogP) is 3.27. The standard InChI is InChI=1S/C15H21BO3/c1-11-6-8-12(9-7-11)13(17)10-16-18-14(2,3)15(4,5)19-16/h6-9H,10H2,1-5H3. The zero-order valence-corrected chi connectivity index (χ0v) is 12.3. The molecule has 102 valence electrons. The normalized spacial score (nSPS) is 20.6. The van der Waals surface area contributed by atoms with Crippen LogP contribution in [-0.2, 0) is 9.31 Å². The molecule has 3 nitrogen and oxygen atoms in total. The number of hydrogen-bond donors (Lipinski definition) is 0. The molecule has 0 N–H and O–H groups in total. The Morgan fingerprint density at radius 1 is 1.05 bits per heavy atom. The molecule has 1 aromatic rings. The van der Waals surface area contributed by atoms with Crippen molar-refractivity contribution in [1.82, 2.24) is 0 Å². The maximum Gasteiger partial charge on any atom is 0.465 e. The van der Waals surface area contributed by atoms with Gasteiger partial charge in [-0.1, -0.05) is 29.8 Å². The van der Waals surface area contributed by atoms with E-state index in [9.17, 15) is 4.79 Å². The smallest absolute Gasteiger partial charge is 0.403 e. The van der Waals surface area contributed by atoms with Crippen molar-refractivity contribution in [1.29, 1.82) is 0 Å². The quantitative estimate of drug-likeness (QED) is 0.618. The van der Waals surface area contributed by atoms with Crippen molar-refractivity contribution >= 4 is 12.9 Å². The van der Waals surface area contributed by atoms with E-state index in [0.29, 0.717) is 5.56 Å². The van der Waals surface area contributed by atoms with Crippen molar-refractivity contribution in [3.63, 3.8) is 0 Å². The van der Waals surface area contributed by atoms with E-state index >= 15 is 0 Å². The van der Waals surface area contributed by atoms with E-state index in [1.54, 1.807) is 0 Å². The van der Waals surface area contributed by atoms with Gasteiger partial charge in [0.25, 0.3) is 0 Å². The Morgan fingerprint density at radius 2 is 1.53 bits per heavy atom. The summed E-state index contributed by atoms with van der Waals surface area (Å²) in [7, 11) is -0.459. The van der Waals surface area contributed by atoms with E-state index < -0.39 is 7.12 Å². The fraction of sp³-hybridized carbons (Fsp3) is 0.533. The molecular formula is C15H21BO3. The number of rotatable bonds is 3. The van der Waals surface area contributed by atoms with E-state index in [-0.39, 0.29) is 23.3 Å². The number of hydrogen-bond acceptors (Lipinski definition) is 3. The van der Waals surface area contributed by atoms with Gasteiger partial charge in [-0.25, -0.2) is 0 Å². The maximum atomic E-state index is 12.2. The third kappa shape index (κ3) is 2.90. The average Bonchev–Trinajstić information content (AvgIpc) is 2.47. The lowest BCUT2D eigenvalue weighted by molar-refractivity contribution is 0.00578. The summed E-state index contributed by atoms with van der Waals surface area (Å²) in [5.41, 5.74) is 1.09. The van der Waals surface area contributed by atoms with Crippen molar-refractivity contribution in [2.75, 3.05) is 0 Å². The summed E-state index contributed by atoms with van der Waals surface area (Å²) < 4.78 is 11.7. The van der Waals surface area contributed by atoms with Crippen molar-refractivity contribution < 1.29 is 14.1 Å². The SMILES string of the molecule is Cc1ccc(C(=O)CB2OC(C)(C)C(C)(C)O2)cc1. The summed E-state index contributed by atoms with van der Waals surface area (Å²) >= 11 is 0. The minimum absolute atomic E-state index is 0.0542. The fourth-order valence-corrected chi connectivity index (χ4v) is 2.06. The first-order valence-electron chi connectivity index (χ1n) is 6.67. The van der Waals surface area contributed by atoms with Gasteiger partial charge in [-0.05, 0) is 34.6 Å². The van der Waals surface area contributed by atoms with E-state index in [0.717, 1.165) is 5.56 Å². The number of ketones is 1. The summed E-state index contributed by atoms with van der Waals surface area (Å²) in [6.07, 6.45) is 0.260. The lowest BCUT2D eigenvalue weighted by Gasteiger charge is -2.32. The van der Waals surface area contributed by atoms with Crippen molar-refractivity contribution in [3.05, 3.63) is 35.4 Å². The first-order valence-corrected chi connectivity index (χ1v) is 6.67. The molecule has 1 aromatic carbocycles. The molecule has 0 radical (unpaired) electrons. The van der Waals surface area contributed by atoms with Crippen LogP contribution in [-0.4, -0.2) is 24.1 Å². The Hall–Kier alpha value is -1.13. The Bertz CT molecular complexity index is 461. The Labute approximate surface area is 115 Å². The molecule has 0 bridgehead atoms. The summed E-state index contributed by atoms with van der Waals surface area (Å²) in [6, 6.07) is 7.58. The Kier molecular flexibility index (Phi) is 3.58. The molecule has 0 aliphatic carbocycles. The van der Waals surface area contributed by atoms with Gasteiger partial charge in [-0.3, -0.25) is 4.79 Å². The van der Waals surface area contributed by atoms with Gasteiger partial charge in [0.05, 0.1) is 11.2 Å². The molecule has 0 amide bonds. The number of carbonyl (C=O) groups excluding carboxylic acids is 1. The highest BCUT2D eigenvalue weighted by Crippen LogP contribution is 2.37. The number of aryl methyl sites for hydroxylation is 1. The van der Waals surface area contributed by atoms with Crippen molar-refractivity contribution in [2.45, 2.75) is 52.1 Å². The molecule has 19 heavy (non-hydrogen) atoms. The van der Waals surface area contributed by atoms with Crippen LogP contribution in [0.1, 0.15) is 43.6 Å². The van der Waals surface area contributed by atoms with Crippen LogP contribution in [0.3, 0.4) is 0 Å². The van der Waals surface area contributed by atoms with Gasteiger partial charge in [-0.15, -0.1) is 0 Å². The second-order valence-corrected chi connectivity index (χ2v) is 6.18. The highest BCUT2D eigenvalue weighted by Gasteiger charge is 2.51. The van der Waals surface area contributed by atoms with Crippen LogP contribution in [0.4, 0.5) is 0 Å². The van der Waals surface area contributed by atoms with Crippen molar-refractivity contribution in [2.24, 2.45) is 0 Å². The lowest BCUT2D eigenvalue weighted by Crippen LogP contribution is -2.41. The highest BCUT2D eigenvalue weighted by atomic mass is 16.7. The topological polar surface area (TPSA) is 35.5 Å². The van der Waals surface area contributed by atoms with Crippen LogP contribution in [0.5, 0.6) is 0 Å². The van der Waals surface area contributed by atoms with Crippen LogP contribution < -0.4 is 0 Å². The Morgan fingerprint density at radius 3 is 2.00 bits per heavy atom. The van der Waals surface area contributed by atoms with Gasteiger partial charge >= 0.3 is 7.12 Å². The summed E-state index contributed by atoms with van der Waals surface area (Å²) in [5.74, 6) is 0.0542. The van der Waals surface area contributed by atoms with E-state index in [1.165, 1.54) is 0 Å². The largest absolute Gasteiger partial charge is 0.465 e. The van der Waals surface area contributed by atoms with Gasteiger partial charge < -0.3 is 9.31 Å². The molecule has 1 heterocycles. The maximum absolute atomic E-state index is 12.2. The zero-order valence-electron chi connectivity index (χ0n) is 12.3. The molecule has 1 aliphatic rings. The van der Waals surface area contributed by atoms with E-state index in [1.807, 2.05) is 58.9 Å². The highest BCUT2D eigenvalue weighted by molar-refractivity contribution is 6.51. The zero-order chi connectivity index (χ0) is 14.3. The van der Waals surface area contributed by atoms with Gasteiger partial charge in [-0.2, -0.15) is 0 Å². The molecule has 2 rings (SSSR count). The first kappa shape index (κ1) is 14.3. The molecule has 1 aliphatic heterocycles. The molecule has 0 saturated carbocycles.